The molecule has 4 N–H and O–H groups in total. The lowest BCUT2D eigenvalue weighted by molar-refractivity contribution is -0.126. The minimum atomic E-state index is -0.650. The molecule has 0 aliphatic heterocycles. The zero-order valence-electron chi connectivity index (χ0n) is 19.8. The van der Waals surface area contributed by atoms with Crippen LogP contribution >= 0.6 is 11.6 Å². The number of amides is 1. The van der Waals surface area contributed by atoms with E-state index in [1.165, 1.54) is 12.1 Å². The molecule has 2 aromatic heterocycles. The number of aromatic amines is 1. The lowest BCUT2D eigenvalue weighted by Crippen LogP contribution is -2.38. The van der Waals surface area contributed by atoms with Crippen molar-refractivity contribution in [2.45, 2.75) is 31.7 Å². The highest BCUT2D eigenvalue weighted by atomic mass is 35.5. The monoisotopic (exact) mass is 514 g/mol. The number of nitrogen functional groups attached to an aromatic ring is 1. The molecule has 1 amide bonds. The molecule has 2 atom stereocenters. The minimum absolute atomic E-state index is 0.0588. The second kappa shape index (κ2) is 10.4. The van der Waals surface area contributed by atoms with Crippen molar-refractivity contribution in [3.63, 3.8) is 0 Å². The summed E-state index contributed by atoms with van der Waals surface area (Å²) in [6, 6.07) is 17.2. The van der Waals surface area contributed by atoms with E-state index in [2.05, 4.69) is 20.3 Å². The highest BCUT2D eigenvalue weighted by Crippen LogP contribution is 2.31. The number of rotatable bonds is 6. The first kappa shape index (κ1) is 24.5. The van der Waals surface area contributed by atoms with Gasteiger partial charge in [-0.2, -0.15) is 5.26 Å². The SMILES string of the molecule is N#Cc1ccc(-c2nc(C(Cc3ccccc3)NC(=O)C3CCc4c(ccnc4N)C3)[nH]c2Cl)cc1F. The van der Waals surface area contributed by atoms with E-state index in [1.54, 1.807) is 12.3 Å². The number of H-pyrrole nitrogens is 1. The summed E-state index contributed by atoms with van der Waals surface area (Å²) in [5, 5.41) is 12.4. The number of pyridine rings is 1. The van der Waals surface area contributed by atoms with Crippen LogP contribution in [0.2, 0.25) is 5.15 Å². The molecule has 0 saturated carbocycles. The van der Waals surface area contributed by atoms with Gasteiger partial charge in [-0.15, -0.1) is 0 Å². The average Bonchev–Trinajstić information content (AvgIpc) is 3.30. The van der Waals surface area contributed by atoms with Gasteiger partial charge in [-0.25, -0.2) is 14.4 Å². The number of fused-ring (bicyclic) bond motifs is 1. The van der Waals surface area contributed by atoms with Gasteiger partial charge in [-0.1, -0.05) is 48.0 Å². The van der Waals surface area contributed by atoms with E-state index >= 15 is 0 Å². The van der Waals surface area contributed by atoms with Gasteiger partial charge >= 0.3 is 0 Å². The Balaban J connectivity index is 1.42. The van der Waals surface area contributed by atoms with Crippen molar-refractivity contribution in [3.8, 4) is 17.3 Å². The third-order valence-corrected chi connectivity index (χ3v) is 7.01. The average molecular weight is 515 g/mol. The largest absolute Gasteiger partial charge is 0.383 e. The first-order valence-corrected chi connectivity index (χ1v) is 12.3. The van der Waals surface area contributed by atoms with Gasteiger partial charge in [0.05, 0.1) is 11.6 Å². The van der Waals surface area contributed by atoms with E-state index in [4.69, 9.17) is 22.6 Å². The molecule has 2 heterocycles. The Morgan fingerprint density at radius 3 is 2.84 bits per heavy atom. The van der Waals surface area contributed by atoms with Crippen molar-refractivity contribution in [2.24, 2.45) is 5.92 Å². The fourth-order valence-electron chi connectivity index (χ4n) is 4.77. The van der Waals surface area contributed by atoms with Gasteiger partial charge in [-0.3, -0.25) is 4.79 Å². The molecule has 1 aliphatic rings. The van der Waals surface area contributed by atoms with Gasteiger partial charge in [-0.05, 0) is 60.6 Å². The number of anilines is 1. The predicted molar refractivity (Wildman–Crippen MR) is 139 cm³/mol. The van der Waals surface area contributed by atoms with Gasteiger partial charge in [0, 0.05) is 17.7 Å². The van der Waals surface area contributed by atoms with Crippen LogP contribution in [0.25, 0.3) is 11.3 Å². The van der Waals surface area contributed by atoms with Crippen molar-refractivity contribution < 1.29 is 9.18 Å². The summed E-state index contributed by atoms with van der Waals surface area (Å²) in [4.78, 5) is 25.3. The quantitative estimate of drug-likeness (QED) is 0.337. The van der Waals surface area contributed by atoms with Crippen molar-refractivity contribution in [1.29, 1.82) is 5.26 Å². The first-order chi connectivity index (χ1) is 17.9. The van der Waals surface area contributed by atoms with E-state index < -0.39 is 11.9 Å². The number of imidazole rings is 1. The summed E-state index contributed by atoms with van der Waals surface area (Å²) in [5.74, 6) is 0.0376. The molecule has 2 unspecified atom stereocenters. The van der Waals surface area contributed by atoms with Gasteiger partial charge in [0.15, 0.2) is 0 Å². The summed E-state index contributed by atoms with van der Waals surface area (Å²) in [5.41, 5.74) is 9.82. The molecule has 0 radical (unpaired) electrons. The van der Waals surface area contributed by atoms with Crippen LogP contribution in [-0.4, -0.2) is 20.9 Å². The molecule has 0 saturated heterocycles. The summed E-state index contributed by atoms with van der Waals surface area (Å²) in [6.45, 7) is 0. The summed E-state index contributed by atoms with van der Waals surface area (Å²) in [7, 11) is 0. The minimum Gasteiger partial charge on any atom is -0.383 e. The molecule has 186 valence electrons. The number of benzene rings is 2. The molecule has 2 aromatic carbocycles. The van der Waals surface area contributed by atoms with E-state index in [0.29, 0.717) is 48.6 Å². The highest BCUT2D eigenvalue weighted by Gasteiger charge is 2.29. The van der Waals surface area contributed by atoms with Crippen molar-refractivity contribution in [2.75, 3.05) is 5.73 Å². The van der Waals surface area contributed by atoms with Gasteiger partial charge in [0.1, 0.15) is 34.4 Å². The summed E-state index contributed by atoms with van der Waals surface area (Å²) in [6.07, 6.45) is 4.10. The molecule has 37 heavy (non-hydrogen) atoms. The second-order valence-corrected chi connectivity index (χ2v) is 9.49. The summed E-state index contributed by atoms with van der Waals surface area (Å²) >= 11 is 6.47. The zero-order valence-corrected chi connectivity index (χ0v) is 20.6. The summed E-state index contributed by atoms with van der Waals surface area (Å²) < 4.78 is 14.3. The third kappa shape index (κ3) is 5.18. The van der Waals surface area contributed by atoms with Gasteiger partial charge < -0.3 is 16.0 Å². The standard InChI is InChI=1S/C28H24ClFN6O/c29-25-24(18-6-7-20(15-31)22(30)14-18)35-27(36-25)23(12-16-4-2-1-3-5-16)34-28(37)19-8-9-21-17(13-19)10-11-33-26(21)32/h1-7,10-11,14,19,23H,8-9,12-13H2,(H2,32,33)(H,34,37)(H,35,36). The van der Waals surface area contributed by atoms with Gasteiger partial charge in [0.25, 0.3) is 0 Å². The molecule has 0 fully saturated rings. The van der Waals surface area contributed by atoms with E-state index in [1.807, 2.05) is 42.5 Å². The van der Waals surface area contributed by atoms with Crippen molar-refractivity contribution in [3.05, 3.63) is 99.8 Å². The zero-order chi connectivity index (χ0) is 25.9. The number of hydrogen-bond acceptors (Lipinski definition) is 5. The maximum Gasteiger partial charge on any atom is 0.224 e. The Morgan fingerprint density at radius 1 is 1.27 bits per heavy atom. The van der Waals surface area contributed by atoms with Crippen LogP contribution in [0.15, 0.2) is 60.8 Å². The van der Waals surface area contributed by atoms with Crippen LogP contribution in [0.1, 0.15) is 40.5 Å². The first-order valence-electron chi connectivity index (χ1n) is 11.9. The predicted octanol–water partition coefficient (Wildman–Crippen LogP) is 4.92. The van der Waals surface area contributed by atoms with Crippen molar-refractivity contribution >= 4 is 23.3 Å². The number of aromatic nitrogens is 3. The second-order valence-electron chi connectivity index (χ2n) is 9.12. The smallest absolute Gasteiger partial charge is 0.224 e. The van der Waals surface area contributed by atoms with Crippen LogP contribution in [0.5, 0.6) is 0 Å². The fourth-order valence-corrected chi connectivity index (χ4v) is 5.02. The normalized spacial score (nSPS) is 15.4. The Labute approximate surface area is 218 Å². The molecule has 5 rings (SSSR count). The number of hydrogen-bond donors (Lipinski definition) is 3. The molecular weight excluding hydrogens is 491 g/mol. The molecule has 0 bridgehead atoms. The van der Waals surface area contributed by atoms with Crippen LogP contribution in [-0.2, 0) is 24.1 Å². The Hall–Kier alpha value is -4.22. The number of nitrogens with zero attached hydrogens (tertiary/aromatic N) is 3. The Morgan fingerprint density at radius 2 is 2.08 bits per heavy atom. The Bertz CT molecular complexity index is 1500. The molecular formula is C28H24ClFN6O. The van der Waals surface area contributed by atoms with E-state index in [0.717, 1.165) is 16.7 Å². The van der Waals surface area contributed by atoms with Crippen LogP contribution < -0.4 is 11.1 Å². The van der Waals surface area contributed by atoms with Crippen LogP contribution in [0, 0.1) is 23.1 Å². The lowest BCUT2D eigenvalue weighted by Gasteiger charge is -2.26. The number of carbonyl (C=O) groups excluding carboxylic acids is 1. The van der Waals surface area contributed by atoms with E-state index in [9.17, 15) is 9.18 Å². The number of nitriles is 1. The number of halogens is 2. The number of nitrogens with two attached hydrogens (primary N) is 1. The van der Waals surface area contributed by atoms with E-state index in [-0.39, 0.29) is 22.5 Å². The van der Waals surface area contributed by atoms with Crippen molar-refractivity contribution in [1.82, 2.24) is 20.3 Å². The third-order valence-electron chi connectivity index (χ3n) is 6.74. The molecule has 9 heteroatoms. The fraction of sp³-hybridized carbons (Fsp3) is 0.214. The molecule has 0 spiro atoms. The maximum atomic E-state index is 14.3. The van der Waals surface area contributed by atoms with Crippen LogP contribution in [0.4, 0.5) is 10.2 Å². The van der Waals surface area contributed by atoms with Crippen LogP contribution in [0.3, 0.4) is 0 Å². The number of nitrogens with one attached hydrogen (secondary N) is 2. The Kier molecular flexibility index (Phi) is 6.89. The highest BCUT2D eigenvalue weighted by molar-refractivity contribution is 6.31. The molecule has 7 nitrogen and oxygen atoms in total. The molecule has 4 aromatic rings. The topological polar surface area (TPSA) is 120 Å². The lowest BCUT2D eigenvalue weighted by atomic mass is 9.83. The number of carbonyl (C=O) groups is 1. The maximum absolute atomic E-state index is 14.3. The van der Waals surface area contributed by atoms with Gasteiger partial charge in [0.2, 0.25) is 5.91 Å². The molecule has 1 aliphatic carbocycles.